The normalized spacial score (nSPS) is 23.5. The molecule has 4 aliphatic rings. The lowest BCUT2D eigenvalue weighted by atomic mass is 9.95. The van der Waals surface area contributed by atoms with Crippen molar-refractivity contribution in [1.82, 2.24) is 20.1 Å². The summed E-state index contributed by atoms with van der Waals surface area (Å²) < 4.78 is 23.1. The van der Waals surface area contributed by atoms with Crippen LogP contribution < -0.4 is 5.32 Å². The zero-order valence-electron chi connectivity index (χ0n) is 25.9. The summed E-state index contributed by atoms with van der Waals surface area (Å²) in [5.74, 6) is 1.06. The van der Waals surface area contributed by atoms with Gasteiger partial charge in [-0.1, -0.05) is 55.3 Å². The number of rotatable bonds is 8. The average Bonchev–Trinajstić information content (AvgIpc) is 3.72. The fourth-order valence-corrected chi connectivity index (χ4v) is 8.22. The Kier molecular flexibility index (Phi) is 8.38. The van der Waals surface area contributed by atoms with E-state index < -0.39 is 0 Å². The number of amidine groups is 1. The first-order valence-corrected chi connectivity index (χ1v) is 16.8. The third kappa shape index (κ3) is 5.52. The smallest absolute Gasteiger partial charge is 0.211 e. The second-order valence-corrected chi connectivity index (χ2v) is 13.5. The molecule has 6 nitrogen and oxygen atoms in total. The predicted octanol–water partition coefficient (Wildman–Crippen LogP) is 7.47. The molecule has 8 heteroatoms. The Balaban J connectivity index is 1.28. The molecule has 2 atom stereocenters. The van der Waals surface area contributed by atoms with Crippen LogP contribution >= 0.6 is 11.6 Å². The van der Waals surface area contributed by atoms with Crippen LogP contribution in [0.3, 0.4) is 0 Å². The maximum absolute atomic E-state index is 16.5. The summed E-state index contributed by atoms with van der Waals surface area (Å²) >= 11 is 6.62. The van der Waals surface area contributed by atoms with Gasteiger partial charge in [0.2, 0.25) is 5.88 Å². The molecule has 4 fully saturated rings. The van der Waals surface area contributed by atoms with Crippen molar-refractivity contribution in [3.05, 3.63) is 76.5 Å². The minimum atomic E-state index is -0.341. The monoisotopic (exact) mass is 615 g/mol. The molecule has 0 radical (unpaired) electrons. The zero-order valence-corrected chi connectivity index (χ0v) is 26.7. The third-order valence-corrected chi connectivity index (χ3v) is 10.6. The molecule has 2 aromatic carbocycles. The third-order valence-electron chi connectivity index (χ3n) is 10.3. The molecule has 1 N–H and O–H groups in total. The molecule has 232 valence electrons. The Bertz CT molecular complexity index is 1580. The van der Waals surface area contributed by atoms with Crippen LogP contribution in [0.5, 0.6) is 0 Å². The van der Waals surface area contributed by atoms with Crippen LogP contribution in [-0.4, -0.2) is 71.0 Å². The number of nitrogens with zero attached hydrogens (tertiary/aromatic N) is 4. The molecule has 5 heterocycles. The summed E-state index contributed by atoms with van der Waals surface area (Å²) in [4.78, 5) is 15.0. The quantitative estimate of drug-likeness (QED) is 0.162. The second kappa shape index (κ2) is 12.4. The number of benzene rings is 2. The molecule has 4 saturated heterocycles. The van der Waals surface area contributed by atoms with Crippen LogP contribution in [0.15, 0.2) is 59.5 Å². The SMILES string of the molecule is CCC/C=C(/N=C(\c1cnc(-c2cccc3cccc(Cl)c23)c(F)c1C)N1CC2CC[C@@H](C1)N2)OCC12CCCN1CCC2. The molecular formula is C36H43ClFN5O. The van der Waals surface area contributed by atoms with Gasteiger partial charge >= 0.3 is 0 Å². The maximum atomic E-state index is 16.5. The molecule has 0 aliphatic carbocycles. The summed E-state index contributed by atoms with van der Waals surface area (Å²) in [5, 5.41) is 6.09. The number of piperazine rings is 1. The van der Waals surface area contributed by atoms with E-state index >= 15 is 4.39 Å². The van der Waals surface area contributed by atoms with Crippen molar-refractivity contribution >= 4 is 28.2 Å². The van der Waals surface area contributed by atoms with Crippen LogP contribution in [0.4, 0.5) is 4.39 Å². The lowest BCUT2D eigenvalue weighted by Gasteiger charge is -2.36. The Hall–Kier alpha value is -3.00. The van der Waals surface area contributed by atoms with Crippen LogP contribution in [0.1, 0.15) is 69.4 Å². The first kappa shape index (κ1) is 29.7. The van der Waals surface area contributed by atoms with E-state index in [2.05, 4.69) is 28.1 Å². The Morgan fingerprint density at radius 2 is 1.86 bits per heavy atom. The number of unbranched alkanes of at least 4 members (excludes halogenated alkanes) is 1. The van der Waals surface area contributed by atoms with Gasteiger partial charge in [-0.3, -0.25) is 9.88 Å². The minimum Gasteiger partial charge on any atom is -0.476 e. The van der Waals surface area contributed by atoms with Crippen molar-refractivity contribution in [2.24, 2.45) is 4.99 Å². The number of ether oxygens (including phenoxy) is 1. The molecular weight excluding hydrogens is 573 g/mol. The molecule has 44 heavy (non-hydrogen) atoms. The highest BCUT2D eigenvalue weighted by molar-refractivity contribution is 6.36. The average molecular weight is 616 g/mol. The molecule has 3 aromatic rings. The zero-order chi connectivity index (χ0) is 30.3. The fraction of sp³-hybridized carbons (Fsp3) is 0.500. The molecule has 1 unspecified atom stereocenters. The fourth-order valence-electron chi connectivity index (χ4n) is 7.93. The van der Waals surface area contributed by atoms with E-state index in [9.17, 15) is 0 Å². The molecule has 4 aliphatic heterocycles. The number of fused-ring (bicyclic) bond motifs is 4. The second-order valence-electron chi connectivity index (χ2n) is 13.1. The number of hydrogen-bond acceptors (Lipinski definition) is 5. The van der Waals surface area contributed by atoms with Gasteiger partial charge in [0.25, 0.3) is 0 Å². The molecule has 0 spiro atoms. The molecule has 7 rings (SSSR count). The first-order chi connectivity index (χ1) is 21.5. The van der Waals surface area contributed by atoms with E-state index in [1.54, 1.807) is 6.20 Å². The lowest BCUT2D eigenvalue weighted by Crippen LogP contribution is -2.53. The van der Waals surface area contributed by atoms with Crippen molar-refractivity contribution in [2.75, 3.05) is 32.8 Å². The van der Waals surface area contributed by atoms with E-state index in [0.29, 0.717) is 52.0 Å². The number of hydrogen-bond donors (Lipinski definition) is 1. The van der Waals surface area contributed by atoms with Gasteiger partial charge in [-0.05, 0) is 88.1 Å². The van der Waals surface area contributed by atoms with Gasteiger partial charge < -0.3 is 15.0 Å². The summed E-state index contributed by atoms with van der Waals surface area (Å²) in [5.41, 5.74) is 2.38. The topological polar surface area (TPSA) is 53.0 Å². The number of aliphatic imine (C=N–C) groups is 1. The summed E-state index contributed by atoms with van der Waals surface area (Å²) in [7, 11) is 0. The van der Waals surface area contributed by atoms with Crippen molar-refractivity contribution in [3.8, 4) is 11.3 Å². The van der Waals surface area contributed by atoms with E-state index in [-0.39, 0.29) is 11.4 Å². The largest absolute Gasteiger partial charge is 0.476 e. The van der Waals surface area contributed by atoms with Gasteiger partial charge in [0, 0.05) is 52.9 Å². The molecule has 2 bridgehead atoms. The maximum Gasteiger partial charge on any atom is 0.211 e. The van der Waals surface area contributed by atoms with Crippen LogP contribution in [-0.2, 0) is 4.74 Å². The van der Waals surface area contributed by atoms with Gasteiger partial charge in [0.15, 0.2) is 5.82 Å². The van der Waals surface area contributed by atoms with Gasteiger partial charge in [-0.2, -0.15) is 4.99 Å². The number of allylic oxidation sites excluding steroid dienone is 1. The summed E-state index contributed by atoms with van der Waals surface area (Å²) in [6, 6.07) is 12.4. The molecule has 1 aromatic heterocycles. The van der Waals surface area contributed by atoms with E-state index in [1.165, 1.54) is 25.7 Å². The standard InChI is InChI=1S/C36H43ClFN5O/c1-3-4-13-31(44-23-36-16-7-18-43(36)19-8-17-36)41-35(42-21-26-14-15-27(22-42)40-26)29-20-39-34(33(38)24(29)2)28-11-5-9-25-10-6-12-30(37)32(25)28/h5-6,9-13,20,26-27,40H,3-4,7-8,14-19,21-23H2,1-2H3/b31-13-,41-35+/t26-,27?/m0/s1. The predicted molar refractivity (Wildman–Crippen MR) is 177 cm³/mol. The minimum absolute atomic E-state index is 0.125. The summed E-state index contributed by atoms with van der Waals surface area (Å²) in [6.45, 7) is 8.65. The van der Waals surface area contributed by atoms with Crippen molar-refractivity contribution in [3.63, 3.8) is 0 Å². The highest BCUT2D eigenvalue weighted by atomic mass is 35.5. The van der Waals surface area contributed by atoms with Crippen LogP contribution in [0.2, 0.25) is 5.02 Å². The van der Waals surface area contributed by atoms with E-state index in [0.717, 1.165) is 68.5 Å². The van der Waals surface area contributed by atoms with Crippen LogP contribution in [0, 0.1) is 12.7 Å². The summed E-state index contributed by atoms with van der Waals surface area (Å²) in [6.07, 6.45) is 12.9. The van der Waals surface area contributed by atoms with Gasteiger partial charge in [-0.25, -0.2) is 4.39 Å². The first-order valence-electron chi connectivity index (χ1n) is 16.5. The van der Waals surface area contributed by atoms with E-state index in [4.69, 9.17) is 26.3 Å². The van der Waals surface area contributed by atoms with Crippen molar-refractivity contribution in [2.45, 2.75) is 82.8 Å². The van der Waals surface area contributed by atoms with Gasteiger partial charge in [0.05, 0.1) is 5.54 Å². The molecule has 0 amide bonds. The van der Waals surface area contributed by atoms with E-state index in [1.807, 2.05) is 43.3 Å². The Morgan fingerprint density at radius 3 is 2.59 bits per heavy atom. The highest BCUT2D eigenvalue weighted by Crippen LogP contribution is 2.40. The van der Waals surface area contributed by atoms with Gasteiger partial charge in [-0.15, -0.1) is 0 Å². The van der Waals surface area contributed by atoms with Crippen molar-refractivity contribution in [1.29, 1.82) is 0 Å². The lowest BCUT2D eigenvalue weighted by molar-refractivity contribution is 0.0716. The van der Waals surface area contributed by atoms with Crippen LogP contribution in [0.25, 0.3) is 22.0 Å². The van der Waals surface area contributed by atoms with Gasteiger partial charge in [0.1, 0.15) is 18.1 Å². The number of halogens is 2. The Morgan fingerprint density at radius 1 is 1.14 bits per heavy atom. The van der Waals surface area contributed by atoms with Crippen molar-refractivity contribution < 1.29 is 9.13 Å². The highest BCUT2D eigenvalue weighted by Gasteiger charge is 2.45. The molecule has 0 saturated carbocycles. The number of aromatic nitrogens is 1. The number of pyridine rings is 1. The number of likely N-dealkylation sites (tertiary alicyclic amines) is 1. The number of nitrogens with one attached hydrogen (secondary N) is 1. The Labute approximate surface area is 265 Å².